The molecule has 1 N–H and O–H groups in total. The second-order valence-electron chi connectivity index (χ2n) is 7.08. The lowest BCUT2D eigenvalue weighted by atomic mass is 9.99. The highest BCUT2D eigenvalue weighted by atomic mass is 32.2. The first-order valence-corrected chi connectivity index (χ1v) is 10.6. The third kappa shape index (κ3) is 4.73. The average molecular weight is 439 g/mol. The highest BCUT2D eigenvalue weighted by molar-refractivity contribution is 7.89. The molecule has 0 saturated heterocycles. The molecular weight excluding hydrogens is 419 g/mol. The van der Waals surface area contributed by atoms with E-state index in [0.29, 0.717) is 23.1 Å². The molecule has 0 saturated carbocycles. The predicted octanol–water partition coefficient (Wildman–Crippen LogP) is 4.12. The summed E-state index contributed by atoms with van der Waals surface area (Å²) >= 11 is 0. The van der Waals surface area contributed by atoms with E-state index in [1.165, 1.54) is 28.6 Å². The smallest absolute Gasteiger partial charge is 0.416 e. The monoisotopic (exact) mass is 439 g/mol. The summed E-state index contributed by atoms with van der Waals surface area (Å²) in [4.78, 5) is 11.0. The fraction of sp³-hybridized carbons (Fsp3) is 0.286. The number of rotatable bonds is 5. The first kappa shape index (κ1) is 22.0. The molecule has 0 spiro atoms. The van der Waals surface area contributed by atoms with Crippen molar-refractivity contribution in [1.29, 1.82) is 0 Å². The third-order valence-electron chi connectivity index (χ3n) is 5.05. The van der Waals surface area contributed by atoms with Crippen LogP contribution in [0, 0.1) is 6.92 Å². The van der Waals surface area contributed by atoms with Crippen LogP contribution in [0.2, 0.25) is 0 Å². The number of aliphatic carboxylic acids is 1. The fourth-order valence-electron chi connectivity index (χ4n) is 3.32. The van der Waals surface area contributed by atoms with Crippen LogP contribution in [0.5, 0.6) is 0 Å². The van der Waals surface area contributed by atoms with E-state index < -0.39 is 27.7 Å². The van der Waals surface area contributed by atoms with Crippen molar-refractivity contribution >= 4 is 21.6 Å². The van der Waals surface area contributed by atoms with Gasteiger partial charge in [0.1, 0.15) is 0 Å². The summed E-state index contributed by atoms with van der Waals surface area (Å²) in [5.74, 6) is -1.05. The number of carboxylic acids is 1. The van der Waals surface area contributed by atoms with Gasteiger partial charge in [0.25, 0.3) is 0 Å². The highest BCUT2D eigenvalue weighted by Crippen LogP contribution is 2.32. The molecule has 0 atom stereocenters. The van der Waals surface area contributed by atoms with Crippen molar-refractivity contribution < 1.29 is 31.5 Å². The molecule has 1 aliphatic heterocycles. The van der Waals surface area contributed by atoms with Gasteiger partial charge >= 0.3 is 12.1 Å². The van der Waals surface area contributed by atoms with Crippen LogP contribution in [0.1, 0.15) is 28.7 Å². The molecule has 0 unspecified atom stereocenters. The van der Waals surface area contributed by atoms with Crippen LogP contribution >= 0.6 is 0 Å². The molecule has 0 aliphatic carbocycles. The SMILES string of the molecule is Cc1ccc(S(=O)(=O)N2CC=C(c3ccc(C(F)(F)F)cc3)CC2)cc1CC(=O)O. The van der Waals surface area contributed by atoms with Crippen LogP contribution in [0.3, 0.4) is 0 Å². The molecule has 5 nitrogen and oxygen atoms in total. The van der Waals surface area contributed by atoms with Crippen LogP contribution in [0.25, 0.3) is 5.57 Å². The zero-order chi connectivity index (χ0) is 22.1. The molecule has 1 aliphatic rings. The number of halogens is 3. The summed E-state index contributed by atoms with van der Waals surface area (Å²) in [5.41, 5.74) is 1.80. The highest BCUT2D eigenvalue weighted by Gasteiger charge is 2.31. The molecule has 0 amide bonds. The van der Waals surface area contributed by atoms with E-state index in [0.717, 1.165) is 17.7 Å². The van der Waals surface area contributed by atoms with Crippen molar-refractivity contribution in [3.05, 3.63) is 70.8 Å². The lowest BCUT2D eigenvalue weighted by molar-refractivity contribution is -0.138. The minimum atomic E-state index is -4.40. The second-order valence-corrected chi connectivity index (χ2v) is 9.01. The lowest BCUT2D eigenvalue weighted by Crippen LogP contribution is -2.34. The number of nitrogens with zero attached hydrogens (tertiary/aromatic N) is 1. The van der Waals surface area contributed by atoms with E-state index in [4.69, 9.17) is 5.11 Å². The van der Waals surface area contributed by atoms with Crippen LogP contribution in [-0.2, 0) is 27.4 Å². The maximum Gasteiger partial charge on any atom is 0.416 e. The molecule has 2 aromatic rings. The number of benzene rings is 2. The quantitative estimate of drug-likeness (QED) is 0.761. The summed E-state index contributed by atoms with van der Waals surface area (Å²) < 4.78 is 65.3. The normalized spacial score (nSPS) is 15.7. The standard InChI is InChI=1S/C21H20F3NO4S/c1-14-2-7-19(12-17(14)13-20(26)27)30(28,29)25-10-8-16(9-11-25)15-3-5-18(6-4-15)21(22,23)24/h2-8,12H,9-11,13H2,1H3,(H,26,27). The summed E-state index contributed by atoms with van der Waals surface area (Å²) in [6.07, 6.45) is -2.63. The van der Waals surface area contributed by atoms with E-state index in [-0.39, 0.29) is 24.4 Å². The maximum absolute atomic E-state index is 13.0. The van der Waals surface area contributed by atoms with E-state index in [1.54, 1.807) is 19.1 Å². The second kappa shape index (κ2) is 8.23. The van der Waals surface area contributed by atoms with Gasteiger partial charge < -0.3 is 5.11 Å². The molecule has 0 aromatic heterocycles. The van der Waals surface area contributed by atoms with Gasteiger partial charge in [-0.2, -0.15) is 17.5 Å². The number of aryl methyl sites for hydroxylation is 1. The largest absolute Gasteiger partial charge is 0.481 e. The zero-order valence-electron chi connectivity index (χ0n) is 16.1. The van der Waals surface area contributed by atoms with E-state index in [1.807, 2.05) is 0 Å². The fourth-order valence-corrected chi connectivity index (χ4v) is 4.75. The number of carbonyl (C=O) groups is 1. The van der Waals surface area contributed by atoms with Crippen molar-refractivity contribution in [2.45, 2.75) is 30.8 Å². The van der Waals surface area contributed by atoms with Crippen LogP contribution in [-0.4, -0.2) is 36.9 Å². The Balaban J connectivity index is 1.79. The van der Waals surface area contributed by atoms with Gasteiger partial charge in [0.05, 0.1) is 16.9 Å². The summed E-state index contributed by atoms with van der Waals surface area (Å²) in [7, 11) is -3.82. The molecule has 2 aromatic carbocycles. The molecular formula is C21H20F3NO4S. The van der Waals surface area contributed by atoms with E-state index in [9.17, 15) is 26.4 Å². The van der Waals surface area contributed by atoms with Crippen LogP contribution in [0.15, 0.2) is 53.4 Å². The Kier molecular flexibility index (Phi) is 6.05. The first-order valence-electron chi connectivity index (χ1n) is 9.16. The Morgan fingerprint density at radius 2 is 1.80 bits per heavy atom. The molecule has 0 bridgehead atoms. The van der Waals surface area contributed by atoms with Crippen molar-refractivity contribution in [1.82, 2.24) is 4.31 Å². The molecule has 0 radical (unpaired) electrons. The van der Waals surface area contributed by atoms with Crippen LogP contribution < -0.4 is 0 Å². The number of sulfonamides is 1. The van der Waals surface area contributed by atoms with Crippen molar-refractivity contribution in [3.63, 3.8) is 0 Å². The van der Waals surface area contributed by atoms with Gasteiger partial charge in [-0.3, -0.25) is 4.79 Å². The average Bonchev–Trinajstić information content (AvgIpc) is 2.69. The minimum absolute atomic E-state index is 0.0238. The van der Waals surface area contributed by atoms with Gasteiger partial charge in [0, 0.05) is 13.1 Å². The van der Waals surface area contributed by atoms with Gasteiger partial charge in [0.2, 0.25) is 10.0 Å². The van der Waals surface area contributed by atoms with E-state index >= 15 is 0 Å². The Labute approximate surface area is 172 Å². The zero-order valence-corrected chi connectivity index (χ0v) is 16.9. The molecule has 9 heteroatoms. The van der Waals surface area contributed by atoms with E-state index in [2.05, 4.69) is 0 Å². The van der Waals surface area contributed by atoms with Crippen LogP contribution in [0.4, 0.5) is 13.2 Å². The summed E-state index contributed by atoms with van der Waals surface area (Å²) in [5, 5.41) is 9.00. The topological polar surface area (TPSA) is 74.7 Å². The Hall–Kier alpha value is -2.65. The minimum Gasteiger partial charge on any atom is -0.481 e. The van der Waals surface area contributed by atoms with Gasteiger partial charge in [-0.15, -0.1) is 0 Å². The predicted molar refractivity (Wildman–Crippen MR) is 105 cm³/mol. The Morgan fingerprint density at radius 3 is 2.33 bits per heavy atom. The number of hydrogen-bond acceptors (Lipinski definition) is 3. The molecule has 0 fully saturated rings. The number of hydrogen-bond donors (Lipinski definition) is 1. The maximum atomic E-state index is 13.0. The molecule has 1 heterocycles. The van der Waals surface area contributed by atoms with Gasteiger partial charge in [-0.25, -0.2) is 8.42 Å². The van der Waals surface area contributed by atoms with Crippen molar-refractivity contribution in [2.24, 2.45) is 0 Å². The van der Waals surface area contributed by atoms with Crippen molar-refractivity contribution in [3.8, 4) is 0 Å². The first-order chi connectivity index (χ1) is 14.0. The molecule has 3 rings (SSSR count). The lowest BCUT2D eigenvalue weighted by Gasteiger charge is -2.26. The summed E-state index contributed by atoms with van der Waals surface area (Å²) in [6, 6.07) is 9.21. The Morgan fingerprint density at radius 1 is 1.13 bits per heavy atom. The molecule has 160 valence electrons. The summed E-state index contributed by atoms with van der Waals surface area (Å²) in [6.45, 7) is 1.98. The van der Waals surface area contributed by atoms with Gasteiger partial charge in [-0.05, 0) is 59.9 Å². The number of alkyl halides is 3. The van der Waals surface area contributed by atoms with Crippen molar-refractivity contribution in [2.75, 3.05) is 13.1 Å². The van der Waals surface area contributed by atoms with Gasteiger partial charge in [0.15, 0.2) is 0 Å². The Bertz CT molecular complexity index is 1090. The number of carboxylic acid groups (broad SMARTS) is 1. The molecule has 30 heavy (non-hydrogen) atoms. The third-order valence-corrected chi connectivity index (χ3v) is 6.92. The van der Waals surface area contributed by atoms with Gasteiger partial charge in [-0.1, -0.05) is 24.3 Å².